The fourth-order valence-corrected chi connectivity index (χ4v) is 4.27. The Morgan fingerprint density at radius 1 is 0.933 bits per heavy atom. The van der Waals surface area contributed by atoms with E-state index in [9.17, 15) is 4.39 Å². The minimum Gasteiger partial charge on any atom is -0.371 e. The minimum absolute atomic E-state index is 0. The monoisotopic (exact) mass is 523 g/mol. The van der Waals surface area contributed by atoms with Gasteiger partial charge in [0.25, 0.3) is 0 Å². The Kier molecular flexibility index (Phi) is 8.18. The first-order valence-electron chi connectivity index (χ1n) is 10.5. The van der Waals surface area contributed by atoms with Gasteiger partial charge in [-0.25, -0.2) is 4.39 Å². The van der Waals surface area contributed by atoms with Gasteiger partial charge in [0.1, 0.15) is 5.82 Å². The number of benzene rings is 2. The van der Waals surface area contributed by atoms with Gasteiger partial charge in [0.15, 0.2) is 5.96 Å². The van der Waals surface area contributed by atoms with Gasteiger partial charge < -0.3 is 20.0 Å². The Morgan fingerprint density at radius 2 is 1.60 bits per heavy atom. The van der Waals surface area contributed by atoms with Gasteiger partial charge in [-0.1, -0.05) is 18.2 Å². The van der Waals surface area contributed by atoms with Crippen LogP contribution in [0.5, 0.6) is 0 Å². The highest BCUT2D eigenvalue weighted by atomic mass is 127. The third-order valence-corrected chi connectivity index (χ3v) is 5.94. The van der Waals surface area contributed by atoms with E-state index in [0.29, 0.717) is 5.92 Å². The molecule has 2 heterocycles. The fraction of sp³-hybridized carbons (Fsp3) is 0.435. The van der Waals surface area contributed by atoms with E-state index in [4.69, 9.17) is 0 Å². The molecule has 0 aromatic heterocycles. The molecular weight excluding hydrogens is 492 g/mol. The third-order valence-electron chi connectivity index (χ3n) is 5.94. The first-order valence-corrected chi connectivity index (χ1v) is 10.5. The number of hydrogen-bond acceptors (Lipinski definition) is 3. The van der Waals surface area contributed by atoms with E-state index in [1.807, 2.05) is 19.2 Å². The van der Waals surface area contributed by atoms with Crippen LogP contribution in [-0.4, -0.2) is 63.7 Å². The van der Waals surface area contributed by atoms with Crippen molar-refractivity contribution in [2.75, 3.05) is 62.7 Å². The minimum atomic E-state index is -0.185. The molecule has 2 fully saturated rings. The number of anilines is 2. The van der Waals surface area contributed by atoms with Crippen LogP contribution in [0.15, 0.2) is 59.6 Å². The summed E-state index contributed by atoms with van der Waals surface area (Å²) in [6, 6.07) is 17.4. The van der Waals surface area contributed by atoms with Gasteiger partial charge in [-0.15, -0.1) is 24.0 Å². The summed E-state index contributed by atoms with van der Waals surface area (Å²) in [5.74, 6) is 1.43. The molecule has 0 radical (unpaired) electrons. The predicted octanol–water partition coefficient (Wildman–Crippen LogP) is 3.67. The van der Waals surface area contributed by atoms with Crippen LogP contribution in [0, 0.1) is 11.7 Å². The number of nitrogens with one attached hydrogen (secondary N) is 1. The molecule has 0 aliphatic carbocycles. The van der Waals surface area contributed by atoms with Crippen molar-refractivity contribution in [2.45, 2.75) is 6.42 Å². The maximum Gasteiger partial charge on any atom is 0.193 e. The van der Waals surface area contributed by atoms with Crippen LogP contribution in [0.3, 0.4) is 0 Å². The molecule has 30 heavy (non-hydrogen) atoms. The van der Waals surface area contributed by atoms with Crippen molar-refractivity contribution in [3.8, 4) is 0 Å². The molecule has 0 bridgehead atoms. The van der Waals surface area contributed by atoms with Crippen LogP contribution < -0.4 is 15.1 Å². The number of nitrogens with zero attached hydrogens (tertiary/aromatic N) is 4. The van der Waals surface area contributed by atoms with Crippen molar-refractivity contribution in [3.63, 3.8) is 0 Å². The maximum absolute atomic E-state index is 13.1. The van der Waals surface area contributed by atoms with Crippen LogP contribution in [-0.2, 0) is 0 Å². The topological polar surface area (TPSA) is 34.1 Å². The summed E-state index contributed by atoms with van der Waals surface area (Å²) < 4.78 is 13.1. The Labute approximate surface area is 196 Å². The van der Waals surface area contributed by atoms with E-state index in [-0.39, 0.29) is 29.8 Å². The van der Waals surface area contributed by atoms with Crippen LogP contribution in [0.4, 0.5) is 15.8 Å². The Morgan fingerprint density at radius 3 is 2.27 bits per heavy atom. The van der Waals surface area contributed by atoms with Gasteiger partial charge in [0, 0.05) is 64.2 Å². The van der Waals surface area contributed by atoms with Gasteiger partial charge in [0.2, 0.25) is 0 Å². The largest absolute Gasteiger partial charge is 0.371 e. The molecule has 2 saturated heterocycles. The molecule has 0 spiro atoms. The van der Waals surface area contributed by atoms with E-state index in [0.717, 1.165) is 57.5 Å². The van der Waals surface area contributed by atoms with E-state index in [1.54, 1.807) is 0 Å². The van der Waals surface area contributed by atoms with E-state index >= 15 is 0 Å². The number of hydrogen-bond donors (Lipinski definition) is 1. The highest BCUT2D eigenvalue weighted by Crippen LogP contribution is 2.23. The quantitative estimate of drug-likeness (QED) is 0.377. The van der Waals surface area contributed by atoms with Crippen molar-refractivity contribution >= 4 is 41.3 Å². The second kappa shape index (κ2) is 10.8. The van der Waals surface area contributed by atoms with Gasteiger partial charge >= 0.3 is 0 Å². The molecule has 2 aromatic rings. The van der Waals surface area contributed by atoms with E-state index in [2.05, 4.69) is 55.3 Å². The summed E-state index contributed by atoms with van der Waals surface area (Å²) in [4.78, 5) is 11.6. The summed E-state index contributed by atoms with van der Waals surface area (Å²) >= 11 is 0. The number of aliphatic imine (C=N–C) groups is 1. The van der Waals surface area contributed by atoms with Gasteiger partial charge in [-0.2, -0.15) is 0 Å². The number of guanidine groups is 1. The lowest BCUT2D eigenvalue weighted by molar-refractivity contribution is 0.369. The highest BCUT2D eigenvalue weighted by Gasteiger charge is 2.24. The molecule has 1 N–H and O–H groups in total. The predicted molar refractivity (Wildman–Crippen MR) is 134 cm³/mol. The first-order chi connectivity index (χ1) is 14.2. The van der Waals surface area contributed by atoms with Gasteiger partial charge in [-0.3, -0.25) is 4.99 Å². The molecule has 162 valence electrons. The third kappa shape index (κ3) is 5.56. The number of piperazine rings is 1. The van der Waals surface area contributed by atoms with Crippen LogP contribution in [0.2, 0.25) is 0 Å². The SMILES string of the molecule is CN=C(NCC1CCN(c2ccccc2)C1)N1CCN(c2ccc(F)cc2)CC1.I. The molecule has 2 aliphatic rings. The molecule has 0 saturated carbocycles. The maximum atomic E-state index is 13.1. The smallest absolute Gasteiger partial charge is 0.193 e. The molecule has 1 unspecified atom stereocenters. The zero-order valence-corrected chi connectivity index (χ0v) is 19.8. The Bertz CT molecular complexity index is 806. The summed E-state index contributed by atoms with van der Waals surface area (Å²) in [5, 5.41) is 3.60. The zero-order valence-electron chi connectivity index (χ0n) is 17.5. The van der Waals surface area contributed by atoms with Crippen molar-refractivity contribution in [1.82, 2.24) is 10.2 Å². The van der Waals surface area contributed by atoms with Crippen LogP contribution in [0.1, 0.15) is 6.42 Å². The van der Waals surface area contributed by atoms with E-state index < -0.39 is 0 Å². The molecule has 5 nitrogen and oxygen atoms in total. The molecule has 2 aliphatic heterocycles. The number of para-hydroxylation sites is 1. The average Bonchev–Trinajstić information content (AvgIpc) is 3.25. The van der Waals surface area contributed by atoms with E-state index in [1.165, 1.54) is 24.2 Å². The highest BCUT2D eigenvalue weighted by molar-refractivity contribution is 14.0. The van der Waals surface area contributed by atoms with Crippen molar-refractivity contribution in [3.05, 3.63) is 60.4 Å². The molecule has 4 rings (SSSR count). The molecule has 2 aromatic carbocycles. The van der Waals surface area contributed by atoms with Gasteiger partial charge in [-0.05, 0) is 48.7 Å². The summed E-state index contributed by atoms with van der Waals surface area (Å²) in [6.45, 7) is 6.82. The van der Waals surface area contributed by atoms with Crippen molar-refractivity contribution in [1.29, 1.82) is 0 Å². The first kappa shape index (κ1) is 22.7. The molecular formula is C23H31FIN5. The van der Waals surface area contributed by atoms with Crippen molar-refractivity contribution in [2.24, 2.45) is 10.9 Å². The summed E-state index contributed by atoms with van der Waals surface area (Å²) in [6.07, 6.45) is 1.21. The van der Waals surface area contributed by atoms with Crippen LogP contribution in [0.25, 0.3) is 0 Å². The summed E-state index contributed by atoms with van der Waals surface area (Å²) in [5.41, 5.74) is 2.40. The second-order valence-electron chi connectivity index (χ2n) is 7.81. The number of rotatable bonds is 4. The normalized spacial score (nSPS) is 19.6. The lowest BCUT2D eigenvalue weighted by Crippen LogP contribution is -2.53. The van der Waals surface area contributed by atoms with Crippen molar-refractivity contribution < 1.29 is 4.39 Å². The molecule has 1 atom stereocenters. The lowest BCUT2D eigenvalue weighted by Gasteiger charge is -2.38. The average molecular weight is 523 g/mol. The second-order valence-corrected chi connectivity index (χ2v) is 7.81. The molecule has 0 amide bonds. The fourth-order valence-electron chi connectivity index (χ4n) is 4.27. The van der Waals surface area contributed by atoms with Gasteiger partial charge in [0.05, 0.1) is 0 Å². The Balaban J connectivity index is 0.00000256. The summed E-state index contributed by atoms with van der Waals surface area (Å²) in [7, 11) is 1.86. The lowest BCUT2D eigenvalue weighted by atomic mass is 10.1. The molecule has 7 heteroatoms. The zero-order chi connectivity index (χ0) is 20.1. The number of halogens is 2. The van der Waals surface area contributed by atoms with Crippen LogP contribution >= 0.6 is 24.0 Å². The Hall–Kier alpha value is -2.03. The standard InChI is InChI=1S/C23H30FN5.HI/c1-25-23(26-17-19-11-12-29(18-19)21-5-3-2-4-6-21)28-15-13-27(14-16-28)22-9-7-20(24)8-10-22;/h2-10,19H,11-18H2,1H3,(H,25,26);1H.